The van der Waals surface area contributed by atoms with Crippen LogP contribution in [0.15, 0.2) is 23.8 Å². The molecule has 2 aromatic heterocycles. The summed E-state index contributed by atoms with van der Waals surface area (Å²) in [6.45, 7) is 5.73. The predicted molar refractivity (Wildman–Crippen MR) is 63.0 cm³/mol. The molecular formula is C11H13N3OS. The molecule has 0 aliphatic carbocycles. The second-order valence-electron chi connectivity index (χ2n) is 4.54. The first-order valence-electron chi connectivity index (χ1n) is 4.99. The van der Waals surface area contributed by atoms with Crippen LogP contribution in [-0.2, 0) is 0 Å². The van der Waals surface area contributed by atoms with E-state index in [0.717, 1.165) is 5.00 Å². The maximum atomic E-state index is 12.2. The molecule has 16 heavy (non-hydrogen) atoms. The topological polar surface area (TPSA) is 47.8 Å². The number of thiophene rings is 1. The summed E-state index contributed by atoms with van der Waals surface area (Å²) in [5.74, 6) is 0.112. The van der Waals surface area contributed by atoms with E-state index in [-0.39, 0.29) is 11.2 Å². The smallest absolute Gasteiger partial charge is 0.171 e. The Morgan fingerprint density at radius 1 is 1.31 bits per heavy atom. The number of carbonyl (C=O) groups is 1. The van der Waals surface area contributed by atoms with Crippen LogP contribution in [0.2, 0.25) is 0 Å². The highest BCUT2D eigenvalue weighted by Gasteiger charge is 2.26. The van der Waals surface area contributed by atoms with E-state index >= 15 is 0 Å². The lowest BCUT2D eigenvalue weighted by atomic mass is 9.87. The van der Waals surface area contributed by atoms with Gasteiger partial charge in [-0.15, -0.1) is 16.1 Å². The maximum absolute atomic E-state index is 12.2. The SMILES string of the molecule is CC(C)(C)C(=O)c1ccsc1-n1nccn1. The third kappa shape index (κ3) is 1.90. The summed E-state index contributed by atoms with van der Waals surface area (Å²) < 4.78 is 0. The summed E-state index contributed by atoms with van der Waals surface area (Å²) in [4.78, 5) is 13.7. The molecule has 0 saturated heterocycles. The number of nitrogens with zero attached hydrogens (tertiary/aromatic N) is 3. The van der Waals surface area contributed by atoms with E-state index in [0.29, 0.717) is 5.56 Å². The molecule has 0 radical (unpaired) electrons. The predicted octanol–water partition coefficient (Wildman–Crippen LogP) is 2.56. The maximum Gasteiger partial charge on any atom is 0.171 e. The van der Waals surface area contributed by atoms with E-state index in [9.17, 15) is 4.79 Å². The van der Waals surface area contributed by atoms with Gasteiger partial charge in [0.15, 0.2) is 5.78 Å². The average molecular weight is 235 g/mol. The van der Waals surface area contributed by atoms with Gasteiger partial charge in [-0.2, -0.15) is 10.2 Å². The fraction of sp³-hybridized carbons (Fsp3) is 0.364. The lowest BCUT2D eigenvalue weighted by Gasteiger charge is -2.16. The van der Waals surface area contributed by atoms with Gasteiger partial charge in [-0.3, -0.25) is 4.79 Å². The van der Waals surface area contributed by atoms with Crippen LogP contribution < -0.4 is 0 Å². The minimum Gasteiger partial charge on any atom is -0.293 e. The van der Waals surface area contributed by atoms with E-state index in [2.05, 4.69) is 10.2 Å². The van der Waals surface area contributed by atoms with Crippen molar-refractivity contribution in [1.29, 1.82) is 0 Å². The fourth-order valence-corrected chi connectivity index (χ4v) is 2.16. The summed E-state index contributed by atoms with van der Waals surface area (Å²) in [5, 5.41) is 10.8. The van der Waals surface area contributed by atoms with Crippen molar-refractivity contribution in [3.05, 3.63) is 29.4 Å². The number of hydrogen-bond acceptors (Lipinski definition) is 4. The van der Waals surface area contributed by atoms with Crippen molar-refractivity contribution >= 4 is 17.1 Å². The van der Waals surface area contributed by atoms with Crippen molar-refractivity contribution < 1.29 is 4.79 Å². The minimum absolute atomic E-state index is 0.112. The molecule has 0 aliphatic heterocycles. The molecule has 4 nitrogen and oxygen atoms in total. The Bertz CT molecular complexity index is 494. The Balaban J connectivity index is 2.45. The van der Waals surface area contributed by atoms with Gasteiger partial charge in [-0.25, -0.2) is 0 Å². The third-order valence-electron chi connectivity index (χ3n) is 2.17. The third-order valence-corrected chi connectivity index (χ3v) is 3.05. The summed E-state index contributed by atoms with van der Waals surface area (Å²) >= 11 is 1.47. The van der Waals surface area contributed by atoms with Crippen molar-refractivity contribution in [2.45, 2.75) is 20.8 Å². The van der Waals surface area contributed by atoms with Crippen molar-refractivity contribution in [2.24, 2.45) is 5.41 Å². The van der Waals surface area contributed by atoms with Gasteiger partial charge in [-0.05, 0) is 11.4 Å². The number of carbonyl (C=O) groups excluding carboxylic acids is 1. The Labute approximate surface area is 97.9 Å². The summed E-state index contributed by atoms with van der Waals surface area (Å²) in [5.41, 5.74) is 0.303. The molecular weight excluding hydrogens is 222 g/mol. The molecule has 0 amide bonds. The second kappa shape index (κ2) is 3.83. The van der Waals surface area contributed by atoms with Crippen LogP contribution in [0.4, 0.5) is 0 Å². The first kappa shape index (κ1) is 11.0. The molecule has 2 rings (SSSR count). The number of hydrogen-bond donors (Lipinski definition) is 0. The number of aromatic nitrogens is 3. The van der Waals surface area contributed by atoms with E-state index in [1.807, 2.05) is 32.2 Å². The van der Waals surface area contributed by atoms with Crippen LogP contribution in [-0.4, -0.2) is 20.8 Å². The van der Waals surface area contributed by atoms with Crippen molar-refractivity contribution in [3.63, 3.8) is 0 Å². The van der Waals surface area contributed by atoms with Gasteiger partial charge in [0.25, 0.3) is 0 Å². The van der Waals surface area contributed by atoms with Gasteiger partial charge < -0.3 is 0 Å². The molecule has 84 valence electrons. The van der Waals surface area contributed by atoms with Crippen LogP contribution in [0.5, 0.6) is 0 Å². The summed E-state index contributed by atoms with van der Waals surface area (Å²) in [7, 11) is 0. The lowest BCUT2D eigenvalue weighted by molar-refractivity contribution is 0.0858. The molecule has 0 spiro atoms. The van der Waals surface area contributed by atoms with Gasteiger partial charge in [0.05, 0.1) is 18.0 Å². The van der Waals surface area contributed by atoms with Crippen LogP contribution in [0.3, 0.4) is 0 Å². The standard InChI is InChI=1S/C11H13N3OS/c1-11(2,3)9(15)8-4-7-16-10(8)14-12-5-6-13-14/h4-7H,1-3H3. The van der Waals surface area contributed by atoms with Crippen molar-refractivity contribution in [3.8, 4) is 5.00 Å². The van der Waals surface area contributed by atoms with E-state index in [1.165, 1.54) is 16.1 Å². The van der Waals surface area contributed by atoms with E-state index in [1.54, 1.807) is 12.4 Å². The molecule has 0 aromatic carbocycles. The van der Waals surface area contributed by atoms with Crippen molar-refractivity contribution in [1.82, 2.24) is 15.0 Å². The fourth-order valence-electron chi connectivity index (χ4n) is 1.35. The zero-order chi connectivity index (χ0) is 11.8. The number of rotatable bonds is 2. The van der Waals surface area contributed by atoms with Crippen LogP contribution >= 0.6 is 11.3 Å². The molecule has 0 saturated carbocycles. The van der Waals surface area contributed by atoms with Gasteiger partial charge >= 0.3 is 0 Å². The first-order chi connectivity index (χ1) is 7.50. The summed E-state index contributed by atoms with van der Waals surface area (Å²) in [6, 6.07) is 1.83. The quantitative estimate of drug-likeness (QED) is 0.751. The molecule has 0 unspecified atom stereocenters. The largest absolute Gasteiger partial charge is 0.293 e. The normalized spacial score (nSPS) is 11.7. The van der Waals surface area contributed by atoms with Gasteiger partial charge in [0.1, 0.15) is 5.00 Å². The monoisotopic (exact) mass is 235 g/mol. The highest BCUT2D eigenvalue weighted by Crippen LogP contribution is 2.28. The Morgan fingerprint density at radius 2 is 1.94 bits per heavy atom. The molecule has 0 aliphatic rings. The van der Waals surface area contributed by atoms with E-state index < -0.39 is 0 Å². The minimum atomic E-state index is -0.386. The zero-order valence-electron chi connectivity index (χ0n) is 9.47. The number of Topliss-reactive ketones (excluding diaryl/α,β-unsaturated/α-hetero) is 1. The second-order valence-corrected chi connectivity index (χ2v) is 5.43. The first-order valence-corrected chi connectivity index (χ1v) is 5.87. The molecule has 0 bridgehead atoms. The zero-order valence-corrected chi connectivity index (χ0v) is 10.3. The Kier molecular flexibility index (Phi) is 2.63. The van der Waals surface area contributed by atoms with E-state index in [4.69, 9.17) is 0 Å². The van der Waals surface area contributed by atoms with Gasteiger partial charge in [0.2, 0.25) is 0 Å². The Morgan fingerprint density at radius 3 is 2.50 bits per heavy atom. The van der Waals surface area contributed by atoms with Crippen LogP contribution in [0.1, 0.15) is 31.1 Å². The lowest BCUT2D eigenvalue weighted by Crippen LogP contribution is -2.21. The molecule has 2 heterocycles. The molecule has 0 N–H and O–H groups in total. The van der Waals surface area contributed by atoms with Gasteiger partial charge in [-0.1, -0.05) is 20.8 Å². The summed E-state index contributed by atoms with van der Waals surface area (Å²) in [6.07, 6.45) is 3.20. The van der Waals surface area contributed by atoms with Crippen LogP contribution in [0, 0.1) is 5.41 Å². The average Bonchev–Trinajstić information content (AvgIpc) is 2.85. The molecule has 5 heteroatoms. The molecule has 0 fully saturated rings. The van der Waals surface area contributed by atoms with Crippen molar-refractivity contribution in [2.75, 3.05) is 0 Å². The Hall–Kier alpha value is -1.49. The van der Waals surface area contributed by atoms with Crippen LogP contribution in [0.25, 0.3) is 5.00 Å². The van der Waals surface area contributed by atoms with Gasteiger partial charge in [0, 0.05) is 5.41 Å². The highest BCUT2D eigenvalue weighted by atomic mass is 32.1. The number of ketones is 1. The molecule has 2 aromatic rings. The molecule has 0 atom stereocenters. The highest BCUT2D eigenvalue weighted by molar-refractivity contribution is 7.13.